The number of urea groups is 1. The van der Waals surface area contributed by atoms with Crippen LogP contribution in [0.1, 0.15) is 6.42 Å². The minimum absolute atomic E-state index is 0.0391. The number of hydrogen-bond acceptors (Lipinski definition) is 6. The molecule has 4 rings (SSSR count). The van der Waals surface area contributed by atoms with E-state index in [1.165, 1.54) is 30.5 Å². The summed E-state index contributed by atoms with van der Waals surface area (Å²) in [6.07, 6.45) is 3.03. The van der Waals surface area contributed by atoms with Crippen LogP contribution >= 0.6 is 23.4 Å². The Labute approximate surface area is 202 Å². The van der Waals surface area contributed by atoms with Gasteiger partial charge < -0.3 is 10.6 Å². The van der Waals surface area contributed by atoms with Gasteiger partial charge in [-0.1, -0.05) is 29.4 Å². The number of carbonyl (C=O) groups excluding carboxylic acids is 1. The summed E-state index contributed by atoms with van der Waals surface area (Å²) in [4.78, 5) is 25.0. The van der Waals surface area contributed by atoms with Crippen LogP contribution in [-0.2, 0) is 10.0 Å². The highest BCUT2D eigenvalue weighted by atomic mass is 35.5. The first kappa shape index (κ1) is 24.0. The number of halogens is 3. The number of allylic oxidation sites excluding steroid dienone is 1. The van der Waals surface area contributed by atoms with E-state index in [-0.39, 0.29) is 28.9 Å². The molecule has 0 saturated heterocycles. The van der Waals surface area contributed by atoms with Crippen molar-refractivity contribution < 1.29 is 22.0 Å². The van der Waals surface area contributed by atoms with Crippen LogP contribution in [0.2, 0.25) is 0 Å². The quantitative estimate of drug-likeness (QED) is 0.457. The van der Waals surface area contributed by atoms with Crippen molar-refractivity contribution in [2.45, 2.75) is 11.0 Å². The van der Waals surface area contributed by atoms with Crippen molar-refractivity contribution in [3.8, 4) is 5.69 Å². The fraction of sp³-hybridized carbons (Fsp3) is 0.143. The van der Waals surface area contributed by atoms with Crippen LogP contribution in [0.25, 0.3) is 16.5 Å². The third-order valence-electron chi connectivity index (χ3n) is 5.02. The van der Waals surface area contributed by atoms with Gasteiger partial charge in [0.05, 0.1) is 21.1 Å². The number of benzene rings is 2. The smallest absolute Gasteiger partial charge is 0.332 e. The lowest BCUT2D eigenvalue weighted by Gasteiger charge is -2.14. The van der Waals surface area contributed by atoms with E-state index in [2.05, 4.69) is 10.6 Å². The van der Waals surface area contributed by atoms with Crippen LogP contribution in [0, 0.1) is 11.6 Å². The van der Waals surface area contributed by atoms with E-state index < -0.39 is 37.8 Å². The van der Waals surface area contributed by atoms with Gasteiger partial charge in [0, 0.05) is 18.9 Å². The van der Waals surface area contributed by atoms with Crippen LogP contribution in [0.5, 0.6) is 0 Å². The maximum atomic E-state index is 14.8. The van der Waals surface area contributed by atoms with Crippen molar-refractivity contribution >= 4 is 61.6 Å². The van der Waals surface area contributed by atoms with Crippen molar-refractivity contribution in [3.63, 3.8) is 0 Å². The number of fused-ring (bicyclic) bond motifs is 1. The number of pyridine rings is 1. The molecular weight excluding hydrogens is 510 g/mol. The number of anilines is 2. The second-order valence-electron chi connectivity index (χ2n) is 7.22. The molecule has 13 heteroatoms. The number of thioether (sulfide) groups is 1. The van der Waals surface area contributed by atoms with Crippen molar-refractivity contribution in [2.75, 3.05) is 17.7 Å². The van der Waals surface area contributed by atoms with E-state index in [4.69, 9.17) is 11.6 Å². The molecule has 0 saturated carbocycles. The Morgan fingerprint density at radius 3 is 2.59 bits per heavy atom. The number of nitrogens with zero attached hydrogens (tertiary/aromatic N) is 1. The Balaban J connectivity index is 1.55. The van der Waals surface area contributed by atoms with E-state index >= 15 is 0 Å². The lowest BCUT2D eigenvalue weighted by Crippen LogP contribution is -2.38. The van der Waals surface area contributed by atoms with Crippen molar-refractivity contribution in [1.29, 1.82) is 0 Å². The van der Waals surface area contributed by atoms with Gasteiger partial charge in [-0.3, -0.25) is 9.36 Å². The first-order chi connectivity index (χ1) is 16.1. The van der Waals surface area contributed by atoms with Gasteiger partial charge >= 0.3 is 6.03 Å². The molecule has 1 unspecified atom stereocenters. The SMILES string of the molecule is CNc1cc2ccn(-c3ccc(NC(=O)NS(=O)(=O)C4CC=C(Cl)S4)cc3F)c(=O)c2cc1F. The van der Waals surface area contributed by atoms with Crippen molar-refractivity contribution in [2.24, 2.45) is 0 Å². The Morgan fingerprint density at radius 1 is 1.18 bits per heavy atom. The standard InChI is InChI=1S/C21H17ClF2N4O4S2/c1-25-16-8-11-6-7-28(20(29)13(11)10-14(16)23)17-3-2-12(9-15(17)24)26-21(30)27-34(31,32)19-5-4-18(22)33-19/h2-4,6-10,19,25H,5H2,1H3,(H2,26,27,30). The molecule has 178 valence electrons. The molecular formula is C21H17ClF2N4O4S2. The predicted molar refractivity (Wildman–Crippen MR) is 130 cm³/mol. The monoisotopic (exact) mass is 526 g/mol. The van der Waals surface area contributed by atoms with Gasteiger partial charge in [0.1, 0.15) is 16.2 Å². The predicted octanol–water partition coefficient (Wildman–Crippen LogP) is 4.31. The second kappa shape index (κ2) is 9.28. The molecule has 3 N–H and O–H groups in total. The summed E-state index contributed by atoms with van der Waals surface area (Å²) in [6, 6.07) is 6.49. The highest BCUT2D eigenvalue weighted by Crippen LogP contribution is 2.37. The average molecular weight is 527 g/mol. The summed E-state index contributed by atoms with van der Waals surface area (Å²) in [5.41, 5.74) is -0.587. The van der Waals surface area contributed by atoms with Gasteiger partial charge in [-0.15, -0.1) is 0 Å². The molecule has 1 aliphatic heterocycles. The number of sulfonamides is 1. The molecule has 0 radical (unpaired) electrons. The molecule has 0 spiro atoms. The van der Waals surface area contributed by atoms with E-state index in [0.717, 1.165) is 28.5 Å². The Hall–Kier alpha value is -3.09. The second-order valence-corrected chi connectivity index (χ2v) is 11.3. The molecule has 1 aliphatic rings. The van der Waals surface area contributed by atoms with Crippen LogP contribution in [-0.4, -0.2) is 30.6 Å². The molecule has 2 amide bonds. The summed E-state index contributed by atoms with van der Waals surface area (Å²) in [7, 11) is -2.47. The lowest BCUT2D eigenvalue weighted by atomic mass is 10.1. The van der Waals surface area contributed by atoms with Crippen molar-refractivity contribution in [1.82, 2.24) is 9.29 Å². The van der Waals surface area contributed by atoms with Gasteiger partial charge in [0.15, 0.2) is 0 Å². The van der Waals surface area contributed by atoms with Crippen LogP contribution in [0.15, 0.2) is 57.8 Å². The molecule has 0 bridgehead atoms. The number of aromatic nitrogens is 1. The highest BCUT2D eigenvalue weighted by molar-refractivity contribution is 8.16. The zero-order valence-electron chi connectivity index (χ0n) is 17.4. The minimum atomic E-state index is -4.02. The molecule has 2 heterocycles. The summed E-state index contributed by atoms with van der Waals surface area (Å²) in [6.45, 7) is 0. The Bertz CT molecular complexity index is 1510. The molecule has 0 aliphatic carbocycles. The number of rotatable bonds is 5. The van der Waals surface area contributed by atoms with Gasteiger partial charge in [-0.25, -0.2) is 26.7 Å². The summed E-state index contributed by atoms with van der Waals surface area (Å²) >= 11 is 6.68. The fourth-order valence-electron chi connectivity index (χ4n) is 3.38. The summed E-state index contributed by atoms with van der Waals surface area (Å²) in [5.74, 6) is -1.49. The van der Waals surface area contributed by atoms with Crippen LogP contribution in [0.3, 0.4) is 0 Å². The van der Waals surface area contributed by atoms with Gasteiger partial charge in [-0.2, -0.15) is 0 Å². The highest BCUT2D eigenvalue weighted by Gasteiger charge is 2.31. The number of hydrogen-bond donors (Lipinski definition) is 3. The van der Waals surface area contributed by atoms with Gasteiger partial charge in [0.2, 0.25) is 10.0 Å². The number of amides is 2. The minimum Gasteiger partial charge on any atom is -0.386 e. The van der Waals surface area contributed by atoms with E-state index in [9.17, 15) is 26.8 Å². The fourth-order valence-corrected chi connectivity index (χ4v) is 6.34. The maximum absolute atomic E-state index is 14.8. The normalized spacial score (nSPS) is 15.8. The van der Waals surface area contributed by atoms with Gasteiger partial charge in [-0.05, 0) is 48.2 Å². The van der Waals surface area contributed by atoms with Crippen molar-refractivity contribution in [3.05, 3.63) is 75.0 Å². The van der Waals surface area contributed by atoms with Crippen LogP contribution in [0.4, 0.5) is 25.0 Å². The summed E-state index contributed by atoms with van der Waals surface area (Å²) < 4.78 is 55.8. The molecule has 0 fully saturated rings. The molecule has 1 aromatic heterocycles. The first-order valence-corrected chi connectivity index (χ1v) is 12.6. The largest absolute Gasteiger partial charge is 0.386 e. The third-order valence-corrected chi connectivity index (χ3v) is 8.69. The van der Waals surface area contributed by atoms with Crippen LogP contribution < -0.4 is 20.9 Å². The molecule has 34 heavy (non-hydrogen) atoms. The van der Waals surface area contributed by atoms with E-state index in [0.29, 0.717) is 9.75 Å². The lowest BCUT2D eigenvalue weighted by molar-refractivity contribution is 0.256. The molecule has 2 aromatic carbocycles. The third kappa shape index (κ3) is 4.74. The zero-order chi connectivity index (χ0) is 24.6. The van der Waals surface area contributed by atoms with Gasteiger partial charge in [0.25, 0.3) is 5.56 Å². The summed E-state index contributed by atoms with van der Waals surface area (Å²) in [5, 5.41) is 5.46. The van der Waals surface area contributed by atoms with E-state index in [1.54, 1.807) is 13.1 Å². The zero-order valence-corrected chi connectivity index (χ0v) is 19.8. The average Bonchev–Trinajstić information content (AvgIpc) is 3.22. The van der Waals surface area contributed by atoms with E-state index in [1.807, 2.05) is 4.72 Å². The number of carbonyl (C=O) groups is 1. The molecule has 1 atom stereocenters. The topological polar surface area (TPSA) is 109 Å². The molecule has 8 nitrogen and oxygen atoms in total. The Kier molecular flexibility index (Phi) is 6.56. The number of nitrogens with one attached hydrogen (secondary N) is 3. The maximum Gasteiger partial charge on any atom is 0.332 e. The molecule has 3 aromatic rings. The first-order valence-electron chi connectivity index (χ1n) is 9.76. The Morgan fingerprint density at radius 2 is 1.94 bits per heavy atom.